The maximum atomic E-state index is 10.6. The second-order valence-corrected chi connectivity index (χ2v) is 9.53. The summed E-state index contributed by atoms with van der Waals surface area (Å²) in [5.41, 5.74) is 11.5. The van der Waals surface area contributed by atoms with Gasteiger partial charge in [-0.2, -0.15) is 0 Å². The van der Waals surface area contributed by atoms with Gasteiger partial charge in [-0.25, -0.2) is 15.0 Å². The Morgan fingerprint density at radius 1 is 0.649 bits per heavy atom. The van der Waals surface area contributed by atoms with Crippen LogP contribution in [0.15, 0.2) is 48.1 Å². The number of nitrogens with zero attached hydrogens (tertiary/aromatic N) is 3. The van der Waals surface area contributed by atoms with E-state index >= 15 is 0 Å². The van der Waals surface area contributed by atoms with E-state index in [1.807, 2.05) is 12.2 Å². The molecule has 2 N–H and O–H groups in total. The number of hydrogen-bond donors (Lipinski definition) is 2. The Morgan fingerprint density at radius 2 is 1.14 bits per heavy atom. The van der Waals surface area contributed by atoms with Gasteiger partial charge >= 0.3 is 5.95 Å². The number of allylic oxidation sites excluding steroid dienone is 4. The molecule has 0 aromatic carbocycles. The van der Waals surface area contributed by atoms with E-state index in [2.05, 4.69) is 63.7 Å². The summed E-state index contributed by atoms with van der Waals surface area (Å²) >= 11 is 0. The van der Waals surface area contributed by atoms with Crippen molar-refractivity contribution in [1.82, 2.24) is 9.97 Å². The van der Waals surface area contributed by atoms with Crippen LogP contribution < -0.4 is 10.7 Å². The van der Waals surface area contributed by atoms with Crippen LogP contribution in [0.2, 0.25) is 0 Å². The van der Waals surface area contributed by atoms with Gasteiger partial charge in [0.05, 0.1) is 22.8 Å². The number of rotatable bonds is 6. The highest BCUT2D eigenvalue weighted by atomic mass is 16.5. The largest absolute Gasteiger partial charge is 0.479 e. The molecule has 8 bridgehead atoms. The van der Waals surface area contributed by atoms with Gasteiger partial charge in [0, 0.05) is 16.8 Å². The van der Waals surface area contributed by atoms with Gasteiger partial charge in [-0.15, -0.1) is 0 Å². The summed E-state index contributed by atoms with van der Waals surface area (Å²) in [5, 5.41) is 12.8. The smallest absolute Gasteiger partial charge is 0.310 e. The molecule has 2 aromatic rings. The minimum atomic E-state index is -0.203. The minimum Gasteiger partial charge on any atom is -0.479 e. The number of aromatic amines is 1. The number of hydrogen-bond acceptors (Lipinski definition) is 5. The lowest BCUT2D eigenvalue weighted by Gasteiger charge is -2.04. The van der Waals surface area contributed by atoms with Gasteiger partial charge in [-0.3, -0.25) is 0 Å². The maximum absolute atomic E-state index is 10.6. The SMILES string of the molecule is CCC1=C(CC)C2=NC1=Cc1nc(c(O)o1)C=C1N=C(C=c3[nH]c(c(CC)c3CC)=C2)C(CC)=C1CC. The number of nitrogens with one attached hydrogen (secondary N) is 1. The van der Waals surface area contributed by atoms with E-state index in [9.17, 15) is 5.11 Å². The van der Waals surface area contributed by atoms with Crippen LogP contribution in [0.25, 0.3) is 24.3 Å². The Labute approximate surface area is 218 Å². The van der Waals surface area contributed by atoms with Crippen LogP contribution in [0.1, 0.15) is 89.9 Å². The molecule has 0 aliphatic carbocycles. The highest BCUT2D eigenvalue weighted by Gasteiger charge is 2.24. The fraction of sp³-hybridized carbons (Fsp3) is 0.387. The molecule has 0 atom stereocenters. The zero-order valence-electron chi connectivity index (χ0n) is 22.7. The first-order chi connectivity index (χ1) is 18.0. The maximum Gasteiger partial charge on any atom is 0.310 e. The molecule has 192 valence electrons. The summed E-state index contributed by atoms with van der Waals surface area (Å²) in [6.07, 6.45) is 13.4. The summed E-state index contributed by atoms with van der Waals surface area (Å²) in [6.45, 7) is 13.1. The molecule has 0 amide bonds. The molecule has 6 nitrogen and oxygen atoms in total. The van der Waals surface area contributed by atoms with E-state index in [4.69, 9.17) is 14.4 Å². The third kappa shape index (κ3) is 4.18. The molecule has 0 saturated carbocycles. The summed E-state index contributed by atoms with van der Waals surface area (Å²) < 4.78 is 5.66. The normalized spacial score (nSPS) is 16.9. The molecule has 6 heteroatoms. The van der Waals surface area contributed by atoms with E-state index < -0.39 is 0 Å². The molecule has 0 fully saturated rings. The van der Waals surface area contributed by atoms with Gasteiger partial charge < -0.3 is 14.5 Å². The van der Waals surface area contributed by atoms with Crippen LogP contribution >= 0.6 is 0 Å². The van der Waals surface area contributed by atoms with Gasteiger partial charge in [-0.05, 0) is 90.2 Å². The van der Waals surface area contributed by atoms with Crippen LogP contribution in [0, 0.1) is 0 Å². The van der Waals surface area contributed by atoms with Crippen molar-refractivity contribution in [3.63, 3.8) is 0 Å². The van der Waals surface area contributed by atoms with Crippen molar-refractivity contribution in [3.05, 3.63) is 67.1 Å². The molecule has 3 aliphatic heterocycles. The predicted octanol–water partition coefficient (Wildman–Crippen LogP) is 5.93. The average molecular weight is 497 g/mol. The predicted molar refractivity (Wildman–Crippen MR) is 152 cm³/mol. The van der Waals surface area contributed by atoms with Crippen molar-refractivity contribution in [2.75, 3.05) is 0 Å². The molecule has 0 radical (unpaired) electrons. The van der Waals surface area contributed by atoms with Crippen LogP contribution in [0.3, 0.4) is 0 Å². The zero-order valence-corrected chi connectivity index (χ0v) is 22.7. The Balaban J connectivity index is 1.88. The molecule has 0 spiro atoms. The molecule has 2 aromatic heterocycles. The monoisotopic (exact) mass is 496 g/mol. The Bertz CT molecular complexity index is 1580. The Morgan fingerprint density at radius 3 is 1.59 bits per heavy atom. The van der Waals surface area contributed by atoms with E-state index in [0.717, 1.165) is 72.0 Å². The minimum absolute atomic E-state index is 0.203. The fourth-order valence-electron chi connectivity index (χ4n) is 5.89. The van der Waals surface area contributed by atoms with E-state index in [0.29, 0.717) is 11.6 Å². The van der Waals surface area contributed by atoms with Gasteiger partial charge in [0.1, 0.15) is 5.69 Å². The number of aliphatic imine (C=N–C) groups is 2. The van der Waals surface area contributed by atoms with Gasteiger partial charge in [0.25, 0.3) is 0 Å². The van der Waals surface area contributed by atoms with Gasteiger partial charge in [0.15, 0.2) is 0 Å². The highest BCUT2D eigenvalue weighted by molar-refractivity contribution is 6.24. The standard InChI is InChI=1S/C31H36N4O2/c1-7-17-18(8-2)24-14-26-21(11-5)22(12-6)28(34-26)16-30-35-29(31(36)37-30)15-27-20(10-4)19(9-3)25(33-27)13-23(17)32-24/h13-16,32,36H,7-12H2,1-6H3. The van der Waals surface area contributed by atoms with Crippen LogP contribution in [0.4, 0.5) is 0 Å². The summed E-state index contributed by atoms with van der Waals surface area (Å²) in [7, 11) is 0. The van der Waals surface area contributed by atoms with Crippen LogP contribution in [-0.2, 0) is 12.8 Å². The second-order valence-electron chi connectivity index (χ2n) is 9.53. The topological polar surface area (TPSA) is 86.8 Å². The number of H-pyrrole nitrogens is 1. The fourth-order valence-corrected chi connectivity index (χ4v) is 5.89. The third-order valence-electron chi connectivity index (χ3n) is 7.60. The highest BCUT2D eigenvalue weighted by Crippen LogP contribution is 2.35. The molecule has 37 heavy (non-hydrogen) atoms. The lowest BCUT2D eigenvalue weighted by Crippen LogP contribution is -2.16. The Kier molecular flexibility index (Phi) is 6.76. The van der Waals surface area contributed by atoms with E-state index in [-0.39, 0.29) is 5.95 Å². The number of oxazole rings is 1. The molecule has 5 rings (SSSR count). The lowest BCUT2D eigenvalue weighted by atomic mass is 9.98. The molecular formula is C31H36N4O2. The van der Waals surface area contributed by atoms with E-state index in [1.54, 1.807) is 0 Å². The summed E-state index contributed by atoms with van der Waals surface area (Å²) in [4.78, 5) is 18.4. The molecule has 0 unspecified atom stereocenters. The van der Waals surface area contributed by atoms with Crippen molar-refractivity contribution < 1.29 is 9.52 Å². The quantitative estimate of drug-likeness (QED) is 0.519. The second kappa shape index (κ2) is 10.0. The summed E-state index contributed by atoms with van der Waals surface area (Å²) in [6, 6.07) is 0. The third-order valence-corrected chi connectivity index (χ3v) is 7.60. The first kappa shape index (κ1) is 25.0. The van der Waals surface area contributed by atoms with Crippen molar-refractivity contribution >= 4 is 35.7 Å². The van der Waals surface area contributed by atoms with Crippen LogP contribution in [-0.4, -0.2) is 26.5 Å². The molecular weight excluding hydrogens is 460 g/mol. The van der Waals surface area contributed by atoms with Crippen molar-refractivity contribution in [2.24, 2.45) is 9.98 Å². The van der Waals surface area contributed by atoms with Gasteiger partial charge in [0.2, 0.25) is 5.89 Å². The molecule has 0 saturated heterocycles. The molecule has 5 heterocycles. The van der Waals surface area contributed by atoms with Crippen molar-refractivity contribution in [3.8, 4) is 5.95 Å². The first-order valence-corrected chi connectivity index (χ1v) is 13.6. The summed E-state index contributed by atoms with van der Waals surface area (Å²) in [5.74, 6) is 0.139. The van der Waals surface area contributed by atoms with Gasteiger partial charge in [-0.1, -0.05) is 41.5 Å². The lowest BCUT2D eigenvalue weighted by molar-refractivity contribution is 0.328. The first-order valence-electron chi connectivity index (χ1n) is 13.6. The van der Waals surface area contributed by atoms with Crippen LogP contribution in [0.5, 0.6) is 5.95 Å². The number of fused-ring (bicyclic) bond motifs is 6. The zero-order chi connectivity index (χ0) is 26.3. The number of aromatic nitrogens is 2. The van der Waals surface area contributed by atoms with Crippen molar-refractivity contribution in [1.29, 1.82) is 0 Å². The number of aromatic hydroxyl groups is 1. The Hall–Kier alpha value is -3.67. The van der Waals surface area contributed by atoms with Crippen molar-refractivity contribution in [2.45, 2.75) is 80.1 Å². The van der Waals surface area contributed by atoms with E-state index in [1.165, 1.54) is 33.4 Å². The molecule has 3 aliphatic rings. The average Bonchev–Trinajstić information content (AvgIpc) is 3.60.